The fraction of sp³-hybridized carbons (Fsp3) is 0.364. The summed E-state index contributed by atoms with van der Waals surface area (Å²) in [5.41, 5.74) is 5.20. The van der Waals surface area contributed by atoms with E-state index in [2.05, 4.69) is 56.0 Å². The van der Waals surface area contributed by atoms with Gasteiger partial charge in [-0.15, -0.1) is 11.8 Å². The number of carboxylic acids is 1. The Morgan fingerprint density at radius 1 is 0.822 bits per heavy atom. The smallest absolute Gasteiger partial charge is 0.338 e. The molecule has 2 fully saturated rings. The minimum Gasteiger partial charge on any atom is -0.478 e. The third-order valence-electron chi connectivity index (χ3n) is 13.6. The van der Waals surface area contributed by atoms with Crippen molar-refractivity contribution in [2.24, 2.45) is 0 Å². The van der Waals surface area contributed by atoms with Gasteiger partial charge in [-0.2, -0.15) is 0 Å². The molecule has 6 aromatic rings. The highest BCUT2D eigenvalue weighted by atomic mass is 35.5. The van der Waals surface area contributed by atoms with Crippen molar-refractivity contribution in [2.75, 3.05) is 77.7 Å². The van der Waals surface area contributed by atoms with Crippen LogP contribution in [0.1, 0.15) is 56.1 Å². The van der Waals surface area contributed by atoms with Crippen LogP contribution >= 0.6 is 23.4 Å². The second-order valence-electron chi connectivity index (χ2n) is 19.2. The molecule has 0 aliphatic carbocycles. The second-order valence-corrected chi connectivity index (χ2v) is 24.4. The van der Waals surface area contributed by atoms with Crippen molar-refractivity contribution in [1.82, 2.24) is 14.8 Å². The Balaban J connectivity index is 0.935. The number of hydrogen-bond acceptors (Lipinski definition) is 11. The molecule has 3 heterocycles. The number of rotatable bonds is 20. The number of nitrogens with zero attached hydrogens (tertiary/aromatic N) is 4. The number of sulfonamides is 1. The van der Waals surface area contributed by atoms with E-state index in [1.807, 2.05) is 60.0 Å². The number of likely N-dealkylation sites (tertiary alicyclic amines) is 1. The van der Waals surface area contributed by atoms with Crippen molar-refractivity contribution in [2.45, 2.75) is 86.3 Å². The third-order valence-corrected chi connectivity index (χ3v) is 17.6. The van der Waals surface area contributed by atoms with E-state index in [9.17, 15) is 26.7 Å². The number of carbonyl (C=O) groups is 1. The highest BCUT2D eigenvalue weighted by Crippen LogP contribution is 2.42. The molecule has 2 saturated heterocycles. The molecule has 5 aromatic carbocycles. The van der Waals surface area contributed by atoms with E-state index in [1.165, 1.54) is 24.3 Å². The fourth-order valence-corrected chi connectivity index (χ4v) is 13.2. The van der Waals surface area contributed by atoms with Crippen molar-refractivity contribution in [3.8, 4) is 22.4 Å². The maximum Gasteiger partial charge on any atom is 0.338 e. The molecule has 4 N–H and O–H groups in total. The van der Waals surface area contributed by atoms with Crippen LogP contribution in [0.25, 0.3) is 22.4 Å². The maximum atomic E-state index is 15.6. The Kier molecular flexibility index (Phi) is 17.2. The summed E-state index contributed by atoms with van der Waals surface area (Å²) < 4.78 is 74.7. The number of aromatic nitrogens is 1. The number of thioether (sulfide) groups is 1. The predicted octanol–water partition coefficient (Wildman–Crippen LogP) is 10.6. The van der Waals surface area contributed by atoms with Gasteiger partial charge in [-0.25, -0.2) is 26.0 Å². The number of anilines is 4. The SMILES string of the molecule is CCn1c(C)c(C(=O)O)c(-c2cc(F)cc(N3CCN(c4ccc(NS(=O)(=O)c5ccc(N[C@H](CCN6CCC(NC(C)C)CC6)CSc6ccccc6)c(S(C)(=O)=O)c5)cc4)CC3)c2)c1-c1ccc(Cl)cc1. The highest BCUT2D eigenvalue weighted by molar-refractivity contribution is 7.99. The van der Waals surface area contributed by atoms with Gasteiger partial charge in [0.2, 0.25) is 0 Å². The molecule has 0 spiro atoms. The van der Waals surface area contributed by atoms with Crippen molar-refractivity contribution < 1.29 is 31.1 Å². The lowest BCUT2D eigenvalue weighted by Gasteiger charge is -2.37. The van der Waals surface area contributed by atoms with Gasteiger partial charge < -0.3 is 35.0 Å². The average molecular weight is 1070 g/mol. The fourth-order valence-electron chi connectivity index (χ4n) is 10.0. The summed E-state index contributed by atoms with van der Waals surface area (Å²) in [6, 6.07) is 34.0. The molecule has 13 nitrogen and oxygen atoms in total. The number of hydrogen-bond donors (Lipinski definition) is 4. The molecule has 73 heavy (non-hydrogen) atoms. The first-order chi connectivity index (χ1) is 34.9. The summed E-state index contributed by atoms with van der Waals surface area (Å²) in [6.07, 6.45) is 4.01. The lowest BCUT2D eigenvalue weighted by molar-refractivity contribution is 0.0696. The summed E-state index contributed by atoms with van der Waals surface area (Å²) >= 11 is 7.91. The van der Waals surface area contributed by atoms with E-state index in [-0.39, 0.29) is 21.4 Å². The normalized spacial score (nSPS) is 15.5. The number of halogens is 2. The molecule has 1 aromatic heterocycles. The largest absolute Gasteiger partial charge is 0.478 e. The molecule has 8 rings (SSSR count). The topological polar surface area (TPSA) is 156 Å². The third kappa shape index (κ3) is 13.2. The summed E-state index contributed by atoms with van der Waals surface area (Å²) in [5.74, 6) is -0.900. The van der Waals surface area contributed by atoms with Crippen LogP contribution in [0.15, 0.2) is 130 Å². The van der Waals surface area contributed by atoms with Crippen LogP contribution in [-0.4, -0.2) is 113 Å². The van der Waals surface area contributed by atoms with E-state index < -0.39 is 31.6 Å². The molecule has 0 radical (unpaired) electrons. The number of sulfone groups is 1. The highest BCUT2D eigenvalue weighted by Gasteiger charge is 2.29. The summed E-state index contributed by atoms with van der Waals surface area (Å²) in [5, 5.41) is 18.2. The molecule has 18 heteroatoms. The van der Waals surface area contributed by atoms with Crippen LogP contribution in [0.3, 0.4) is 0 Å². The molecule has 0 bridgehead atoms. The summed E-state index contributed by atoms with van der Waals surface area (Å²) in [4.78, 5) is 20.3. The van der Waals surface area contributed by atoms with Crippen LogP contribution in [-0.2, 0) is 26.4 Å². The zero-order chi connectivity index (χ0) is 52.0. The van der Waals surface area contributed by atoms with Crippen molar-refractivity contribution >= 4 is 71.9 Å². The van der Waals surface area contributed by atoms with Crippen LogP contribution in [0.2, 0.25) is 5.02 Å². The van der Waals surface area contributed by atoms with Crippen molar-refractivity contribution in [3.05, 3.63) is 137 Å². The molecular formula is C55H65ClFN7O6S3. The number of piperidine rings is 1. The first-order valence-electron chi connectivity index (χ1n) is 24.8. The zero-order valence-corrected chi connectivity index (χ0v) is 45.2. The van der Waals surface area contributed by atoms with E-state index in [0.29, 0.717) is 95.2 Å². The Hall–Kier alpha value is -5.56. The lowest BCUT2D eigenvalue weighted by Crippen LogP contribution is -2.46. The van der Waals surface area contributed by atoms with Crippen LogP contribution in [0, 0.1) is 12.7 Å². The van der Waals surface area contributed by atoms with Crippen LogP contribution in [0.5, 0.6) is 0 Å². The van der Waals surface area contributed by atoms with E-state index >= 15 is 4.39 Å². The summed E-state index contributed by atoms with van der Waals surface area (Å²) in [7, 11) is -8.07. The first kappa shape index (κ1) is 53.7. The molecule has 0 amide bonds. The molecular weight excluding hydrogens is 1010 g/mol. The van der Waals surface area contributed by atoms with Gasteiger partial charge in [-0.05, 0) is 142 Å². The van der Waals surface area contributed by atoms with Gasteiger partial charge in [-0.1, -0.05) is 55.8 Å². The van der Waals surface area contributed by atoms with Gasteiger partial charge >= 0.3 is 5.97 Å². The molecule has 1 atom stereocenters. The number of piperazine rings is 1. The first-order valence-corrected chi connectivity index (χ1v) is 29.5. The minimum absolute atomic E-state index is 0.0898. The molecule has 0 saturated carbocycles. The molecule has 2 aliphatic heterocycles. The monoisotopic (exact) mass is 1070 g/mol. The number of nitrogens with one attached hydrogen (secondary N) is 3. The Labute approximate surface area is 439 Å². The average Bonchev–Trinajstić information content (AvgIpc) is 3.67. The Morgan fingerprint density at radius 2 is 1.48 bits per heavy atom. The molecule has 0 unspecified atom stereocenters. The van der Waals surface area contributed by atoms with Gasteiger partial charge in [0.15, 0.2) is 9.84 Å². The van der Waals surface area contributed by atoms with E-state index in [4.69, 9.17) is 11.6 Å². The van der Waals surface area contributed by atoms with Crippen LogP contribution in [0.4, 0.5) is 27.1 Å². The predicted molar refractivity (Wildman–Crippen MR) is 296 cm³/mol. The van der Waals surface area contributed by atoms with Crippen molar-refractivity contribution in [1.29, 1.82) is 0 Å². The molecule has 388 valence electrons. The van der Waals surface area contributed by atoms with Gasteiger partial charge in [0.25, 0.3) is 10.0 Å². The zero-order valence-electron chi connectivity index (χ0n) is 41.9. The number of carboxylic acid groups (broad SMARTS) is 1. The Morgan fingerprint density at radius 3 is 2.10 bits per heavy atom. The van der Waals surface area contributed by atoms with Crippen molar-refractivity contribution in [3.63, 3.8) is 0 Å². The minimum atomic E-state index is -4.21. The second kappa shape index (κ2) is 23.3. The Bertz CT molecular complexity index is 3110. The van der Waals surface area contributed by atoms with Gasteiger partial charge in [0.1, 0.15) is 5.82 Å². The lowest BCUT2D eigenvalue weighted by atomic mass is 9.96. The molecule has 2 aliphatic rings. The van der Waals surface area contributed by atoms with E-state index in [1.54, 1.807) is 49.0 Å². The van der Waals surface area contributed by atoms with Gasteiger partial charge in [0.05, 0.1) is 26.7 Å². The standard InChI is InChI=1S/C55H65ClFN7O6S3/c1-6-64-38(4)52(55(65)66)53(54(64)39-12-14-41(56)15-13-39)40-32-42(57)34-47(33-40)63-30-28-62(29-31-63)46-18-16-44(17-19-46)60-73(69,70)49-20-21-50(51(35-49)72(5,67)68)59-45(36-71-48-10-8-7-9-11-48)24-27-61-25-22-43(23-26-61)58-37(2)3/h7-21,32-35,37,43,45,58-60H,6,22-31,36H2,1-5H3,(H,65,66)/t45-/m1/s1. The van der Waals surface area contributed by atoms with Crippen LogP contribution < -0.4 is 25.2 Å². The van der Waals surface area contributed by atoms with E-state index in [0.717, 1.165) is 61.3 Å². The van der Waals surface area contributed by atoms with Gasteiger partial charge in [0, 0.05) is 108 Å². The maximum absolute atomic E-state index is 15.6. The number of benzene rings is 5. The quantitative estimate of drug-likeness (QED) is 0.0538. The number of aromatic carboxylic acids is 1. The van der Waals surface area contributed by atoms with Gasteiger partial charge in [-0.3, -0.25) is 4.72 Å². The summed E-state index contributed by atoms with van der Waals surface area (Å²) in [6.45, 7) is 13.6.